The van der Waals surface area contributed by atoms with E-state index in [0.717, 1.165) is 0 Å². The number of carbonyl (C=O) groups is 2. The molecule has 1 saturated heterocycles. The average Bonchev–Trinajstić information content (AvgIpc) is 2.85. The molecular formula is C24H26N4O5. The number of nitriles is 1. The molecule has 172 valence electrons. The first-order valence-corrected chi connectivity index (χ1v) is 10.6. The summed E-state index contributed by atoms with van der Waals surface area (Å²) in [5, 5.41) is 13.3. The van der Waals surface area contributed by atoms with E-state index in [0.29, 0.717) is 55.5 Å². The summed E-state index contributed by atoms with van der Waals surface area (Å²) in [5.74, 6) is -0.691. The van der Waals surface area contributed by atoms with Crippen LogP contribution < -0.4 is 14.9 Å². The third-order valence-electron chi connectivity index (χ3n) is 4.90. The van der Waals surface area contributed by atoms with Crippen molar-refractivity contribution in [3.63, 3.8) is 0 Å². The van der Waals surface area contributed by atoms with Crippen LogP contribution in [0.1, 0.15) is 24.0 Å². The van der Waals surface area contributed by atoms with E-state index in [1.54, 1.807) is 47.4 Å². The van der Waals surface area contributed by atoms with E-state index in [1.165, 1.54) is 6.21 Å². The molecular weight excluding hydrogens is 424 g/mol. The Balaban J connectivity index is 1.60. The van der Waals surface area contributed by atoms with Crippen LogP contribution in [-0.2, 0) is 14.3 Å². The fraction of sp³-hybridized carbons (Fsp3) is 0.333. The normalized spacial score (nSPS) is 14.4. The molecule has 1 heterocycles. The highest BCUT2D eigenvalue weighted by Crippen LogP contribution is 2.28. The first kappa shape index (κ1) is 23.8. The maximum Gasteiger partial charge on any atom is 0.261 e. The van der Waals surface area contributed by atoms with Gasteiger partial charge in [-0.2, -0.15) is 10.4 Å². The largest absolute Gasteiger partial charge is 0.490 e. The third-order valence-corrected chi connectivity index (χ3v) is 4.90. The van der Waals surface area contributed by atoms with Crippen LogP contribution >= 0.6 is 0 Å². The van der Waals surface area contributed by atoms with Gasteiger partial charge in [0.1, 0.15) is 0 Å². The van der Waals surface area contributed by atoms with Crippen molar-refractivity contribution in [2.75, 3.05) is 39.5 Å². The maximum atomic E-state index is 12.3. The summed E-state index contributed by atoms with van der Waals surface area (Å²) in [6.45, 7) is 4.32. The van der Waals surface area contributed by atoms with Crippen LogP contribution in [0.2, 0.25) is 0 Å². The first-order chi connectivity index (χ1) is 16.1. The Morgan fingerprint density at radius 1 is 1.18 bits per heavy atom. The lowest BCUT2D eigenvalue weighted by Crippen LogP contribution is -2.43. The van der Waals surface area contributed by atoms with Gasteiger partial charge in [0.05, 0.1) is 32.1 Å². The second-order valence-corrected chi connectivity index (χ2v) is 7.13. The summed E-state index contributed by atoms with van der Waals surface area (Å²) in [5.41, 5.74) is 3.65. The van der Waals surface area contributed by atoms with Gasteiger partial charge < -0.3 is 19.1 Å². The van der Waals surface area contributed by atoms with Gasteiger partial charge in [-0.25, -0.2) is 5.43 Å². The number of hydrazone groups is 1. The monoisotopic (exact) mass is 450 g/mol. The van der Waals surface area contributed by atoms with E-state index >= 15 is 0 Å². The number of nitrogens with zero attached hydrogens (tertiary/aromatic N) is 3. The van der Waals surface area contributed by atoms with Gasteiger partial charge >= 0.3 is 0 Å². The number of amides is 2. The van der Waals surface area contributed by atoms with Gasteiger partial charge in [0, 0.05) is 13.1 Å². The molecule has 1 aliphatic rings. The van der Waals surface area contributed by atoms with Crippen molar-refractivity contribution in [2.24, 2.45) is 5.10 Å². The Bertz CT molecular complexity index is 1010. The third kappa shape index (κ3) is 6.79. The van der Waals surface area contributed by atoms with Gasteiger partial charge in [-0.05, 0) is 36.2 Å². The summed E-state index contributed by atoms with van der Waals surface area (Å²) in [7, 11) is 0. The molecule has 0 spiro atoms. The summed E-state index contributed by atoms with van der Waals surface area (Å²) < 4.78 is 16.6. The quantitative estimate of drug-likeness (QED) is 0.462. The Hall–Kier alpha value is -3.90. The van der Waals surface area contributed by atoms with Crippen molar-refractivity contribution in [3.8, 4) is 17.6 Å². The average molecular weight is 450 g/mol. The van der Waals surface area contributed by atoms with Crippen molar-refractivity contribution in [3.05, 3.63) is 59.7 Å². The molecule has 9 heteroatoms. The Morgan fingerprint density at radius 3 is 2.64 bits per heavy atom. The smallest absolute Gasteiger partial charge is 0.261 e. The molecule has 2 aromatic rings. The number of rotatable bonds is 9. The van der Waals surface area contributed by atoms with Crippen LogP contribution in [0.15, 0.2) is 53.6 Å². The van der Waals surface area contributed by atoms with E-state index in [1.807, 2.05) is 19.1 Å². The van der Waals surface area contributed by atoms with Crippen LogP contribution in [0.5, 0.6) is 11.5 Å². The van der Waals surface area contributed by atoms with E-state index in [-0.39, 0.29) is 12.5 Å². The predicted molar refractivity (Wildman–Crippen MR) is 121 cm³/mol. The zero-order chi connectivity index (χ0) is 23.5. The van der Waals surface area contributed by atoms with Crippen LogP contribution in [0.4, 0.5) is 0 Å². The molecule has 0 unspecified atom stereocenters. The number of nitrogens with one attached hydrogen (secondary N) is 1. The molecule has 3 rings (SSSR count). The standard InChI is InChI=1S/C24H26N4O5/c1-2-32-22-14-18(8-9-21(22)33-17-23(29)28-10-12-31-13-11-28)16-26-27-24(30)20(15-25)19-6-4-3-5-7-19/h3-9,14,16,20H,2,10-13,17H2,1H3,(H,27,30)/b26-16-/t20-/m1/s1. The molecule has 0 bridgehead atoms. The minimum absolute atomic E-state index is 0.0986. The summed E-state index contributed by atoms with van der Waals surface area (Å²) in [6, 6.07) is 15.9. The van der Waals surface area contributed by atoms with Gasteiger partial charge in [-0.1, -0.05) is 30.3 Å². The van der Waals surface area contributed by atoms with Crippen molar-refractivity contribution in [1.82, 2.24) is 10.3 Å². The zero-order valence-corrected chi connectivity index (χ0v) is 18.4. The van der Waals surface area contributed by atoms with Crippen LogP contribution in [0.3, 0.4) is 0 Å². The molecule has 33 heavy (non-hydrogen) atoms. The Kier molecular flexibility index (Phi) is 8.79. The zero-order valence-electron chi connectivity index (χ0n) is 18.4. The molecule has 0 radical (unpaired) electrons. The van der Waals surface area contributed by atoms with E-state index < -0.39 is 11.8 Å². The second-order valence-electron chi connectivity index (χ2n) is 7.13. The van der Waals surface area contributed by atoms with Gasteiger partial charge in [-0.15, -0.1) is 0 Å². The number of hydrogen-bond acceptors (Lipinski definition) is 7. The molecule has 0 aliphatic carbocycles. The van der Waals surface area contributed by atoms with E-state index in [9.17, 15) is 14.9 Å². The molecule has 1 aliphatic heterocycles. The topological polar surface area (TPSA) is 113 Å². The minimum Gasteiger partial charge on any atom is -0.490 e. The van der Waals surface area contributed by atoms with Gasteiger partial charge in [0.2, 0.25) is 0 Å². The number of carbonyl (C=O) groups excluding carboxylic acids is 2. The van der Waals surface area contributed by atoms with Gasteiger partial charge in [-0.3, -0.25) is 9.59 Å². The number of morpholine rings is 1. The molecule has 9 nitrogen and oxygen atoms in total. The highest BCUT2D eigenvalue weighted by atomic mass is 16.5. The lowest BCUT2D eigenvalue weighted by atomic mass is 10.0. The molecule has 2 aromatic carbocycles. The number of ether oxygens (including phenoxy) is 3. The second kappa shape index (κ2) is 12.2. The maximum absolute atomic E-state index is 12.3. The Labute approximate surface area is 192 Å². The molecule has 0 aromatic heterocycles. The molecule has 0 saturated carbocycles. The van der Waals surface area contributed by atoms with E-state index in [2.05, 4.69) is 10.5 Å². The first-order valence-electron chi connectivity index (χ1n) is 10.6. The van der Waals surface area contributed by atoms with Crippen molar-refractivity contribution in [2.45, 2.75) is 12.8 Å². The fourth-order valence-electron chi connectivity index (χ4n) is 3.20. The summed E-state index contributed by atoms with van der Waals surface area (Å²) in [6.07, 6.45) is 1.45. The highest BCUT2D eigenvalue weighted by Gasteiger charge is 2.20. The molecule has 1 N–H and O–H groups in total. The molecule has 1 fully saturated rings. The minimum atomic E-state index is -0.956. The number of hydrogen-bond donors (Lipinski definition) is 1. The van der Waals surface area contributed by atoms with E-state index in [4.69, 9.17) is 14.2 Å². The van der Waals surface area contributed by atoms with Crippen LogP contribution in [0, 0.1) is 11.3 Å². The SMILES string of the molecule is CCOc1cc(/C=N\NC(=O)[C@H](C#N)c2ccccc2)ccc1OCC(=O)N1CCOCC1. The Morgan fingerprint density at radius 2 is 1.94 bits per heavy atom. The van der Waals surface area contributed by atoms with Crippen molar-refractivity contribution >= 4 is 18.0 Å². The van der Waals surface area contributed by atoms with Crippen LogP contribution in [0.25, 0.3) is 0 Å². The van der Waals surface area contributed by atoms with Crippen molar-refractivity contribution < 1.29 is 23.8 Å². The van der Waals surface area contributed by atoms with Gasteiger partial charge in [0.25, 0.3) is 11.8 Å². The number of benzene rings is 2. The van der Waals surface area contributed by atoms with Crippen LogP contribution in [-0.4, -0.2) is 62.4 Å². The van der Waals surface area contributed by atoms with Crippen molar-refractivity contribution in [1.29, 1.82) is 5.26 Å². The predicted octanol–water partition coefficient (Wildman–Crippen LogP) is 2.08. The lowest BCUT2D eigenvalue weighted by Gasteiger charge is -2.26. The lowest BCUT2D eigenvalue weighted by molar-refractivity contribution is -0.137. The summed E-state index contributed by atoms with van der Waals surface area (Å²) >= 11 is 0. The highest BCUT2D eigenvalue weighted by molar-refractivity contribution is 5.88. The molecule has 2 amide bonds. The van der Waals surface area contributed by atoms with Gasteiger partial charge in [0.15, 0.2) is 24.0 Å². The summed E-state index contributed by atoms with van der Waals surface area (Å²) in [4.78, 5) is 26.4. The fourth-order valence-corrected chi connectivity index (χ4v) is 3.20. The molecule has 1 atom stereocenters.